The van der Waals surface area contributed by atoms with Gasteiger partial charge in [-0.1, -0.05) is 15.9 Å². The molecule has 112 valence electrons. The van der Waals surface area contributed by atoms with Gasteiger partial charge in [0, 0.05) is 10.0 Å². The van der Waals surface area contributed by atoms with Crippen LogP contribution in [0.3, 0.4) is 0 Å². The van der Waals surface area contributed by atoms with Crippen LogP contribution in [0.15, 0.2) is 16.6 Å². The van der Waals surface area contributed by atoms with Crippen LogP contribution in [0.4, 0.5) is 11.4 Å². The highest BCUT2D eigenvalue weighted by Gasteiger charge is 2.23. The molecule has 5 nitrogen and oxygen atoms in total. The Morgan fingerprint density at radius 2 is 2.05 bits per heavy atom. The highest BCUT2D eigenvalue weighted by atomic mass is 79.9. The zero-order valence-electron chi connectivity index (χ0n) is 11.4. The van der Waals surface area contributed by atoms with E-state index in [0.29, 0.717) is 15.8 Å². The van der Waals surface area contributed by atoms with Crippen LogP contribution in [-0.4, -0.2) is 29.0 Å². The molecule has 0 saturated heterocycles. The molecule has 0 fully saturated rings. The maximum absolute atomic E-state index is 9.49. The number of halogens is 2. The van der Waals surface area contributed by atoms with E-state index in [0.717, 1.165) is 5.56 Å². The molecule has 0 saturated carbocycles. The molecule has 0 amide bonds. The molecule has 0 heterocycles. The molecule has 0 aliphatic carbocycles. The van der Waals surface area contributed by atoms with E-state index in [1.807, 2.05) is 13.8 Å². The van der Waals surface area contributed by atoms with Crippen LogP contribution in [-0.2, 0) is 0 Å². The van der Waals surface area contributed by atoms with Crippen LogP contribution in [0.25, 0.3) is 4.85 Å². The van der Waals surface area contributed by atoms with E-state index in [1.165, 1.54) is 0 Å². The van der Waals surface area contributed by atoms with Crippen molar-refractivity contribution in [2.45, 2.75) is 25.4 Å². The normalized spacial score (nSPS) is 12.4. The zero-order valence-corrected chi connectivity index (χ0v) is 13.8. The number of nitrogen functional groups attached to an aromatic ring is 1. The number of aliphatic hydroxyl groups excluding tert-OH is 2. The largest absolute Gasteiger partial charge is 0.406 e. The smallest absolute Gasteiger partial charge is 0.210 e. The molecule has 20 heavy (non-hydrogen) atoms. The molecule has 1 aromatic carbocycles. The molecule has 1 aromatic rings. The first-order valence-corrected chi connectivity index (χ1v) is 6.59. The number of nitrogens with zero attached hydrogens (tertiary/aromatic N) is 1. The second-order valence-electron chi connectivity index (χ2n) is 4.97. The number of nitrogens with one attached hydrogen (secondary N) is 1. The quantitative estimate of drug-likeness (QED) is 0.477. The van der Waals surface area contributed by atoms with Gasteiger partial charge in [-0.3, -0.25) is 0 Å². The van der Waals surface area contributed by atoms with Crippen molar-refractivity contribution in [3.8, 4) is 0 Å². The lowest BCUT2D eigenvalue weighted by Gasteiger charge is -2.30. The minimum atomic E-state index is -0.528. The van der Waals surface area contributed by atoms with Crippen LogP contribution in [0.1, 0.15) is 25.5 Å². The summed E-state index contributed by atoms with van der Waals surface area (Å²) in [4.78, 5) is 3.36. The van der Waals surface area contributed by atoms with Crippen LogP contribution in [0.2, 0.25) is 0 Å². The number of anilines is 1. The minimum absolute atomic E-state index is 0. The fourth-order valence-electron chi connectivity index (χ4n) is 1.67. The Labute approximate surface area is 133 Å². The number of aliphatic hydroxyl groups is 2. The van der Waals surface area contributed by atoms with E-state index >= 15 is 0 Å². The number of rotatable bonds is 5. The molecular weight excluding hydrogens is 346 g/mol. The molecule has 0 bridgehead atoms. The Bertz CT molecular complexity index is 503. The SMILES string of the molecule is Cl.[C-]#[N+]c1cc(C(CO)NC(C)(C)CO)cc(Br)c1N. The van der Waals surface area contributed by atoms with Gasteiger partial charge in [-0.2, -0.15) is 0 Å². The number of hydrogen-bond acceptors (Lipinski definition) is 4. The highest BCUT2D eigenvalue weighted by molar-refractivity contribution is 9.10. The number of nitrogens with two attached hydrogens (primary N) is 1. The minimum Gasteiger partial charge on any atom is -0.406 e. The van der Waals surface area contributed by atoms with Gasteiger partial charge in [0.1, 0.15) is 0 Å². The summed E-state index contributed by atoms with van der Waals surface area (Å²) in [6, 6.07) is 3.04. The fourth-order valence-corrected chi connectivity index (χ4v) is 2.14. The first-order chi connectivity index (χ1) is 8.84. The van der Waals surface area contributed by atoms with Crippen LogP contribution in [0.5, 0.6) is 0 Å². The van der Waals surface area contributed by atoms with E-state index in [9.17, 15) is 10.2 Å². The first-order valence-electron chi connectivity index (χ1n) is 5.80. The highest BCUT2D eigenvalue weighted by Crippen LogP contribution is 2.34. The third-order valence-corrected chi connectivity index (χ3v) is 3.45. The van der Waals surface area contributed by atoms with Gasteiger partial charge in [0.25, 0.3) is 0 Å². The Morgan fingerprint density at radius 3 is 2.50 bits per heavy atom. The maximum Gasteiger partial charge on any atom is 0.210 e. The fraction of sp³-hybridized carbons (Fsp3) is 0.462. The van der Waals surface area contributed by atoms with Crippen molar-refractivity contribution in [3.05, 3.63) is 33.6 Å². The summed E-state index contributed by atoms with van der Waals surface area (Å²) in [5, 5.41) is 21.9. The second kappa shape index (κ2) is 7.81. The van der Waals surface area contributed by atoms with E-state index in [2.05, 4.69) is 26.1 Å². The van der Waals surface area contributed by atoms with E-state index in [-0.39, 0.29) is 31.7 Å². The van der Waals surface area contributed by atoms with Crippen LogP contribution >= 0.6 is 28.3 Å². The van der Waals surface area contributed by atoms with Crippen molar-refractivity contribution in [2.24, 2.45) is 0 Å². The Hall–Kier alpha value is -0.840. The average molecular weight is 365 g/mol. The molecule has 0 radical (unpaired) electrons. The summed E-state index contributed by atoms with van der Waals surface area (Å²) in [5.41, 5.74) is 6.72. The zero-order chi connectivity index (χ0) is 14.6. The Morgan fingerprint density at radius 1 is 1.45 bits per heavy atom. The summed E-state index contributed by atoms with van der Waals surface area (Å²) in [5.74, 6) is 0. The van der Waals surface area contributed by atoms with Gasteiger partial charge in [0.2, 0.25) is 5.69 Å². The van der Waals surface area contributed by atoms with E-state index < -0.39 is 5.54 Å². The number of hydrogen-bond donors (Lipinski definition) is 4. The average Bonchev–Trinajstić information content (AvgIpc) is 2.39. The van der Waals surface area contributed by atoms with Gasteiger partial charge in [0.15, 0.2) is 0 Å². The maximum atomic E-state index is 9.49. The summed E-state index contributed by atoms with van der Waals surface area (Å²) in [7, 11) is 0. The molecule has 1 rings (SSSR count). The van der Waals surface area contributed by atoms with Crippen molar-refractivity contribution < 1.29 is 10.2 Å². The lowest BCUT2D eigenvalue weighted by Crippen LogP contribution is -2.45. The monoisotopic (exact) mass is 363 g/mol. The predicted molar refractivity (Wildman–Crippen MR) is 86.2 cm³/mol. The molecule has 7 heteroatoms. The molecule has 1 atom stereocenters. The summed E-state index contributed by atoms with van der Waals surface area (Å²) in [6.07, 6.45) is 0. The van der Waals surface area contributed by atoms with Crippen molar-refractivity contribution in [1.82, 2.24) is 5.32 Å². The summed E-state index contributed by atoms with van der Waals surface area (Å²) < 4.78 is 0.623. The molecule has 1 unspecified atom stereocenters. The molecule has 0 aliphatic rings. The second-order valence-corrected chi connectivity index (χ2v) is 5.82. The standard InChI is InChI=1S/C13H18BrN3O2.ClH/c1-13(2,7-19)17-11(6-18)8-4-9(14)12(15)10(5-8)16-3;/h4-5,11,17-19H,6-7,15H2,1-2H3;1H. The third kappa shape index (κ3) is 4.62. The molecular formula is C13H19BrClN3O2. The van der Waals surface area contributed by atoms with E-state index in [4.69, 9.17) is 12.3 Å². The lowest BCUT2D eigenvalue weighted by molar-refractivity contribution is 0.150. The van der Waals surface area contributed by atoms with Gasteiger partial charge in [-0.15, -0.1) is 12.4 Å². The van der Waals surface area contributed by atoms with Crippen molar-refractivity contribution in [3.63, 3.8) is 0 Å². The van der Waals surface area contributed by atoms with Gasteiger partial charge < -0.3 is 21.3 Å². The Balaban J connectivity index is 0.00000361. The van der Waals surface area contributed by atoms with Crippen molar-refractivity contribution in [2.75, 3.05) is 18.9 Å². The molecule has 0 aromatic heterocycles. The number of benzene rings is 1. The molecule has 0 spiro atoms. The van der Waals surface area contributed by atoms with Crippen LogP contribution in [0, 0.1) is 6.57 Å². The lowest BCUT2D eigenvalue weighted by atomic mass is 10.0. The molecule has 5 N–H and O–H groups in total. The van der Waals surface area contributed by atoms with Gasteiger partial charge in [-0.25, -0.2) is 4.85 Å². The van der Waals surface area contributed by atoms with Gasteiger partial charge in [-0.05, 0) is 31.5 Å². The Kier molecular flexibility index (Phi) is 7.49. The molecule has 0 aliphatic heterocycles. The predicted octanol–water partition coefficient (Wildman–Crippen LogP) is 2.40. The van der Waals surface area contributed by atoms with Crippen molar-refractivity contribution >= 4 is 39.7 Å². The first kappa shape index (κ1) is 19.2. The van der Waals surface area contributed by atoms with Crippen LogP contribution < -0.4 is 11.1 Å². The summed E-state index contributed by atoms with van der Waals surface area (Å²) in [6.45, 7) is 10.6. The topological polar surface area (TPSA) is 82.9 Å². The van der Waals surface area contributed by atoms with Gasteiger partial charge >= 0.3 is 0 Å². The summed E-state index contributed by atoms with van der Waals surface area (Å²) >= 11 is 3.30. The van der Waals surface area contributed by atoms with Gasteiger partial charge in [0.05, 0.1) is 31.5 Å². The third-order valence-electron chi connectivity index (χ3n) is 2.80. The van der Waals surface area contributed by atoms with E-state index in [1.54, 1.807) is 12.1 Å². The van der Waals surface area contributed by atoms with Crippen molar-refractivity contribution in [1.29, 1.82) is 0 Å².